The number of aryl methyl sites for hydroxylation is 3. The van der Waals surface area contributed by atoms with Crippen molar-refractivity contribution >= 4 is 85.7 Å². The topological polar surface area (TPSA) is 327 Å². The van der Waals surface area contributed by atoms with Crippen LogP contribution in [0.25, 0.3) is 0 Å². The average Bonchev–Trinajstić information content (AvgIpc) is 3.74. The fourth-order valence-electron chi connectivity index (χ4n) is 4.82. The predicted molar refractivity (Wildman–Crippen MR) is 216 cm³/mol. The maximum Gasteiger partial charge on any atom is 0.350 e. The van der Waals surface area contributed by atoms with Crippen LogP contribution in [-0.2, 0) is 19.1 Å². The van der Waals surface area contributed by atoms with E-state index in [1.807, 2.05) is 0 Å². The van der Waals surface area contributed by atoms with Crippen LogP contribution in [0.15, 0.2) is 79.8 Å². The monoisotopic (exact) mass is 863 g/mol. The molecule has 4 aromatic rings. The molecule has 0 bridgehead atoms. The van der Waals surface area contributed by atoms with Gasteiger partial charge in [0.2, 0.25) is 0 Å². The summed E-state index contributed by atoms with van der Waals surface area (Å²) in [6.07, 6.45) is -0.202. The first-order valence-corrected chi connectivity index (χ1v) is 19.1. The summed E-state index contributed by atoms with van der Waals surface area (Å²) in [7, 11) is 0. The molecular weight excluding hydrogens is 827 g/mol. The Morgan fingerprint density at radius 1 is 0.750 bits per heavy atom. The molecule has 2 heterocycles. The van der Waals surface area contributed by atoms with Gasteiger partial charge in [-0.15, -0.1) is 20.5 Å². The molecule has 4 rings (SSSR count). The summed E-state index contributed by atoms with van der Waals surface area (Å²) in [6, 6.07) is 7.78. The van der Waals surface area contributed by atoms with Crippen LogP contribution in [0.5, 0.6) is 0 Å². The van der Waals surface area contributed by atoms with Gasteiger partial charge in [0, 0.05) is 12.1 Å². The Balaban J connectivity index is 1.45. The molecule has 23 heteroatoms. The molecule has 0 saturated carbocycles. The molecule has 60 heavy (non-hydrogen) atoms. The minimum atomic E-state index is -1.45. The van der Waals surface area contributed by atoms with Crippen molar-refractivity contribution in [3.63, 3.8) is 0 Å². The third kappa shape index (κ3) is 11.8. The van der Waals surface area contributed by atoms with Crippen LogP contribution in [-0.4, -0.2) is 79.3 Å². The van der Waals surface area contributed by atoms with Crippen molar-refractivity contribution in [1.82, 2.24) is 9.97 Å². The summed E-state index contributed by atoms with van der Waals surface area (Å²) in [5, 5.41) is 60.1. The van der Waals surface area contributed by atoms with E-state index in [1.165, 1.54) is 6.92 Å². The Bertz CT molecular complexity index is 2480. The number of carboxylic acid groups (broad SMARTS) is 2. The Labute approximate surface area is 348 Å². The van der Waals surface area contributed by atoms with Gasteiger partial charge in [0.15, 0.2) is 21.7 Å². The molecule has 8 N–H and O–H groups in total. The molecule has 0 unspecified atom stereocenters. The van der Waals surface area contributed by atoms with Gasteiger partial charge in [0.05, 0.1) is 41.4 Å². The number of benzene rings is 2. The Morgan fingerprint density at radius 2 is 1.32 bits per heavy atom. The lowest BCUT2D eigenvalue weighted by Gasteiger charge is -2.07. The molecule has 314 valence electrons. The normalized spacial score (nSPS) is 12.2. The van der Waals surface area contributed by atoms with E-state index in [0.29, 0.717) is 22.6 Å². The van der Waals surface area contributed by atoms with E-state index in [1.54, 1.807) is 39.0 Å². The number of aliphatic hydroxyl groups is 2. The molecule has 0 spiro atoms. The summed E-state index contributed by atoms with van der Waals surface area (Å²) in [4.78, 5) is 83.1. The fourth-order valence-corrected chi connectivity index (χ4v) is 6.53. The second-order valence-electron chi connectivity index (χ2n) is 12.3. The van der Waals surface area contributed by atoms with Gasteiger partial charge < -0.3 is 35.6 Å². The number of rotatable bonds is 17. The molecule has 2 aromatic carbocycles. The quantitative estimate of drug-likeness (QED) is 0.0136. The van der Waals surface area contributed by atoms with E-state index >= 15 is 0 Å². The van der Waals surface area contributed by atoms with Crippen LogP contribution >= 0.6 is 22.7 Å². The van der Waals surface area contributed by atoms with Gasteiger partial charge in [-0.25, -0.2) is 29.1 Å². The van der Waals surface area contributed by atoms with Crippen molar-refractivity contribution in [2.75, 3.05) is 29.6 Å². The molecule has 0 fully saturated rings. The first-order valence-electron chi connectivity index (χ1n) is 17.4. The number of azo groups is 2. The van der Waals surface area contributed by atoms with Crippen molar-refractivity contribution in [3.8, 4) is 0 Å². The minimum Gasteiger partial charge on any atom is -0.510 e. The van der Waals surface area contributed by atoms with Gasteiger partial charge in [0.25, 0.3) is 11.8 Å². The number of nitrogens with two attached hydrogens (primary N) is 1. The molecule has 21 nitrogen and oxygen atoms in total. The maximum atomic E-state index is 13.4. The molecule has 0 aliphatic carbocycles. The predicted octanol–water partition coefficient (Wildman–Crippen LogP) is 7.32. The highest BCUT2D eigenvalue weighted by Crippen LogP contribution is 2.28. The average molecular weight is 864 g/mol. The third-order valence-corrected chi connectivity index (χ3v) is 9.83. The molecule has 0 atom stereocenters. The van der Waals surface area contributed by atoms with Crippen LogP contribution in [0.4, 0.5) is 27.3 Å². The molecule has 0 aliphatic heterocycles. The summed E-state index contributed by atoms with van der Waals surface area (Å²) in [5.41, 5.74) is 5.51. The lowest BCUT2D eigenvalue weighted by molar-refractivity contribution is -0.113. The fraction of sp³-hybridized carbons (Fsp3) is 0.243. The zero-order valence-electron chi connectivity index (χ0n) is 32.4. The van der Waals surface area contributed by atoms with Gasteiger partial charge in [-0.2, -0.15) is 0 Å². The van der Waals surface area contributed by atoms with Crippen LogP contribution in [0.2, 0.25) is 0 Å². The molecule has 2 amide bonds. The smallest absolute Gasteiger partial charge is 0.350 e. The van der Waals surface area contributed by atoms with E-state index in [0.717, 1.165) is 47.8 Å². The first-order chi connectivity index (χ1) is 28.4. The van der Waals surface area contributed by atoms with Gasteiger partial charge >= 0.3 is 23.9 Å². The van der Waals surface area contributed by atoms with Crippen molar-refractivity contribution in [1.29, 1.82) is 0 Å². The van der Waals surface area contributed by atoms with E-state index in [-0.39, 0.29) is 57.3 Å². The van der Waals surface area contributed by atoms with Gasteiger partial charge in [-0.3, -0.25) is 20.2 Å². The lowest BCUT2D eigenvalue weighted by Crippen LogP contribution is -2.15. The highest BCUT2D eigenvalue weighted by Gasteiger charge is 2.24. The minimum absolute atomic E-state index is 0.00346. The van der Waals surface area contributed by atoms with Crippen LogP contribution in [0.3, 0.4) is 0 Å². The molecule has 0 aliphatic rings. The highest BCUT2D eigenvalue weighted by atomic mass is 32.1. The Hall–Kier alpha value is -7.40. The van der Waals surface area contributed by atoms with Gasteiger partial charge in [-0.1, -0.05) is 22.7 Å². The Morgan fingerprint density at radius 3 is 1.87 bits per heavy atom. The van der Waals surface area contributed by atoms with Gasteiger partial charge in [-0.05, 0) is 83.0 Å². The number of aliphatic hydroxyl groups excluding tert-OH is 2. The number of carboxylic acids is 2. The van der Waals surface area contributed by atoms with Crippen molar-refractivity contribution in [3.05, 3.63) is 97.1 Å². The number of nitrogen functional groups attached to an aromatic ring is 1. The number of amides is 2. The number of aromatic nitrogens is 2. The number of carbonyl (C=O) groups is 6. The molecule has 2 aromatic heterocycles. The summed E-state index contributed by atoms with van der Waals surface area (Å²) < 4.78 is 10.4. The summed E-state index contributed by atoms with van der Waals surface area (Å²) in [6.45, 7) is 7.39. The van der Waals surface area contributed by atoms with E-state index in [2.05, 4.69) is 41.1 Å². The van der Waals surface area contributed by atoms with Crippen molar-refractivity contribution in [2.45, 2.75) is 47.5 Å². The second-order valence-corrected chi connectivity index (χ2v) is 14.3. The molecule has 0 radical (unpaired) electrons. The first kappa shape index (κ1) is 45.3. The zero-order chi connectivity index (χ0) is 44.3. The SMILES string of the molecule is CCOC(=O)c1sc(NC(=O)C(N=Nc2ccc(N)cc2C)=C(O)CCCOC(=O)c2sc(NC(=O)C(N=Nc3cc(C(=O)O)ccc3C(=O)O)=C(C)O)nc2C)nc1C. The highest BCUT2D eigenvalue weighted by molar-refractivity contribution is 7.18. The molecular formula is C37H37N9O12S2. The summed E-state index contributed by atoms with van der Waals surface area (Å²) >= 11 is 1.59. The number of anilines is 3. The largest absolute Gasteiger partial charge is 0.510 e. The van der Waals surface area contributed by atoms with Crippen LogP contribution in [0, 0.1) is 20.8 Å². The molecule has 0 saturated heterocycles. The van der Waals surface area contributed by atoms with E-state index in [9.17, 15) is 49.2 Å². The Kier molecular flexibility index (Phi) is 15.4. The number of esters is 2. The number of nitrogens with one attached hydrogen (secondary N) is 2. The van der Waals surface area contributed by atoms with E-state index in [4.69, 9.17) is 15.2 Å². The number of thiazole rings is 2. The standard InChI is InChI=1S/C37H37N9O12S2/c1-6-57-34(55)28-17(3)39-37(59-28)42-31(50)27(46-43-23-12-10-21(38)14-16(23)2)25(48)8-7-13-58-35(56)29-18(4)40-36(60-29)41-30(49)26(19(5)47)45-44-24-15-20(32(51)52)9-11-22(24)33(53)54/h9-12,14-15,47-48H,6-8,13,38H2,1-5H3,(H,51,52)(H,53,54)(H,39,42,50)(H,40,41,49). The van der Waals surface area contributed by atoms with Crippen molar-refractivity contribution in [2.24, 2.45) is 20.5 Å². The number of aromatic carboxylic acids is 2. The van der Waals surface area contributed by atoms with E-state index < -0.39 is 69.9 Å². The van der Waals surface area contributed by atoms with Crippen LogP contribution < -0.4 is 16.4 Å². The number of ether oxygens (including phenoxy) is 2. The number of nitrogens with zero attached hydrogens (tertiary/aromatic N) is 6. The number of carbonyl (C=O) groups excluding carboxylic acids is 4. The second kappa shape index (κ2) is 20.3. The third-order valence-electron chi connectivity index (χ3n) is 7.73. The number of hydrogen-bond acceptors (Lipinski definition) is 19. The van der Waals surface area contributed by atoms with Crippen molar-refractivity contribution < 1.29 is 58.7 Å². The lowest BCUT2D eigenvalue weighted by atomic mass is 10.1. The van der Waals surface area contributed by atoms with Gasteiger partial charge in [0.1, 0.15) is 27.0 Å². The zero-order valence-corrected chi connectivity index (χ0v) is 34.1. The van der Waals surface area contributed by atoms with Crippen LogP contribution in [0.1, 0.15) is 83.7 Å². The number of hydrogen-bond donors (Lipinski definition) is 7. The maximum absolute atomic E-state index is 13.4. The number of allylic oxidation sites excluding steroid dienone is 2. The summed E-state index contributed by atoms with van der Waals surface area (Å²) in [5.74, 6) is -7.34.